The normalized spacial score (nSPS) is 31.1. The summed E-state index contributed by atoms with van der Waals surface area (Å²) in [5.74, 6) is 2.57. The van der Waals surface area contributed by atoms with Crippen LogP contribution in [0.25, 0.3) is 0 Å². The minimum absolute atomic E-state index is 0.833. The van der Waals surface area contributed by atoms with Crippen LogP contribution < -0.4 is 10.2 Å². The van der Waals surface area contributed by atoms with Gasteiger partial charge in [0.2, 0.25) is 5.13 Å². The number of nitrogens with one attached hydrogen (secondary N) is 1. The summed E-state index contributed by atoms with van der Waals surface area (Å²) in [6, 6.07) is 0. The molecule has 0 spiro atoms. The SMILES string of the molecule is Cc1nsc(N2C[C@H]3CNC[C@H]3C2)n1. The Balaban J connectivity index is 1.76. The van der Waals surface area contributed by atoms with Crippen LogP contribution in [0.1, 0.15) is 5.82 Å². The molecule has 2 atom stereocenters. The molecule has 0 amide bonds. The second kappa shape index (κ2) is 3.17. The number of aromatic nitrogens is 2. The van der Waals surface area contributed by atoms with E-state index in [4.69, 9.17) is 0 Å². The van der Waals surface area contributed by atoms with E-state index >= 15 is 0 Å². The number of rotatable bonds is 1. The number of fused-ring (bicyclic) bond motifs is 1. The lowest BCUT2D eigenvalue weighted by Gasteiger charge is -2.14. The molecule has 76 valence electrons. The average Bonchev–Trinajstić information content (AvgIpc) is 2.75. The zero-order valence-corrected chi connectivity index (χ0v) is 9.05. The van der Waals surface area contributed by atoms with Crippen molar-refractivity contribution in [3.63, 3.8) is 0 Å². The summed E-state index contributed by atoms with van der Waals surface area (Å²) >= 11 is 1.53. The Hall–Kier alpha value is -0.680. The lowest BCUT2D eigenvalue weighted by atomic mass is 10.0. The van der Waals surface area contributed by atoms with E-state index in [2.05, 4.69) is 19.6 Å². The largest absolute Gasteiger partial charge is 0.346 e. The Morgan fingerprint density at radius 1 is 1.36 bits per heavy atom. The lowest BCUT2D eigenvalue weighted by molar-refractivity contribution is 0.533. The van der Waals surface area contributed by atoms with Crippen LogP contribution in [-0.4, -0.2) is 35.5 Å². The molecule has 4 nitrogen and oxygen atoms in total. The predicted octanol–water partition coefficient (Wildman–Crippen LogP) is 0.502. The molecule has 3 heterocycles. The molecule has 1 aromatic rings. The van der Waals surface area contributed by atoms with Gasteiger partial charge in [0, 0.05) is 37.7 Å². The molecular formula is C9H14N4S. The fourth-order valence-electron chi connectivity index (χ4n) is 2.43. The highest BCUT2D eigenvalue weighted by Crippen LogP contribution is 2.30. The summed E-state index contributed by atoms with van der Waals surface area (Å²) in [6.45, 7) is 6.63. The molecule has 0 aromatic carbocycles. The van der Waals surface area contributed by atoms with E-state index in [1.807, 2.05) is 6.92 Å². The van der Waals surface area contributed by atoms with E-state index in [0.717, 1.165) is 35.9 Å². The molecule has 0 unspecified atom stereocenters. The maximum absolute atomic E-state index is 4.43. The molecule has 1 N–H and O–H groups in total. The Labute approximate surface area is 87.5 Å². The van der Waals surface area contributed by atoms with Gasteiger partial charge >= 0.3 is 0 Å². The molecule has 0 saturated carbocycles. The Morgan fingerprint density at radius 2 is 2.07 bits per heavy atom. The molecule has 2 aliphatic heterocycles. The van der Waals surface area contributed by atoms with Crippen molar-refractivity contribution >= 4 is 16.7 Å². The lowest BCUT2D eigenvalue weighted by Crippen LogP contribution is -2.25. The fraction of sp³-hybridized carbons (Fsp3) is 0.778. The van der Waals surface area contributed by atoms with Crippen LogP contribution in [0.5, 0.6) is 0 Å². The highest BCUT2D eigenvalue weighted by molar-refractivity contribution is 7.09. The zero-order chi connectivity index (χ0) is 9.54. The second-order valence-electron chi connectivity index (χ2n) is 4.21. The first-order valence-electron chi connectivity index (χ1n) is 5.09. The number of hydrogen-bond acceptors (Lipinski definition) is 5. The Morgan fingerprint density at radius 3 is 2.64 bits per heavy atom. The quantitative estimate of drug-likeness (QED) is 0.733. The van der Waals surface area contributed by atoms with Crippen LogP contribution >= 0.6 is 11.5 Å². The summed E-state index contributed by atoms with van der Waals surface area (Å²) < 4.78 is 4.23. The van der Waals surface area contributed by atoms with Gasteiger partial charge in [-0.05, 0) is 18.8 Å². The number of anilines is 1. The number of aryl methyl sites for hydroxylation is 1. The molecule has 3 rings (SSSR count). The fourth-order valence-corrected chi connectivity index (χ4v) is 3.12. The first-order chi connectivity index (χ1) is 6.83. The minimum atomic E-state index is 0.833. The van der Waals surface area contributed by atoms with Gasteiger partial charge in [-0.1, -0.05) is 0 Å². The minimum Gasteiger partial charge on any atom is -0.346 e. The van der Waals surface area contributed by atoms with Gasteiger partial charge in [0.15, 0.2) is 0 Å². The smallest absolute Gasteiger partial charge is 0.205 e. The Kier molecular flexibility index (Phi) is 1.95. The first kappa shape index (κ1) is 8.61. The average molecular weight is 210 g/mol. The monoisotopic (exact) mass is 210 g/mol. The highest BCUT2D eigenvalue weighted by atomic mass is 32.1. The van der Waals surface area contributed by atoms with Gasteiger partial charge in [-0.2, -0.15) is 4.37 Å². The summed E-state index contributed by atoms with van der Waals surface area (Å²) in [5, 5.41) is 4.55. The third-order valence-corrected chi connectivity index (χ3v) is 4.05. The molecule has 2 fully saturated rings. The van der Waals surface area contributed by atoms with Crippen molar-refractivity contribution in [1.82, 2.24) is 14.7 Å². The molecule has 2 aliphatic rings. The van der Waals surface area contributed by atoms with Crippen molar-refractivity contribution in [3.05, 3.63) is 5.82 Å². The van der Waals surface area contributed by atoms with Crippen LogP contribution in [0.4, 0.5) is 5.13 Å². The van der Waals surface area contributed by atoms with Crippen molar-refractivity contribution in [3.8, 4) is 0 Å². The van der Waals surface area contributed by atoms with Gasteiger partial charge in [0.25, 0.3) is 0 Å². The van der Waals surface area contributed by atoms with Crippen LogP contribution in [0.2, 0.25) is 0 Å². The third-order valence-electron chi connectivity index (χ3n) is 3.18. The number of nitrogens with zero attached hydrogens (tertiary/aromatic N) is 3. The van der Waals surface area contributed by atoms with E-state index in [9.17, 15) is 0 Å². The third kappa shape index (κ3) is 1.31. The first-order valence-corrected chi connectivity index (χ1v) is 5.86. The van der Waals surface area contributed by atoms with Crippen LogP contribution in [0.15, 0.2) is 0 Å². The second-order valence-corrected chi connectivity index (χ2v) is 4.94. The van der Waals surface area contributed by atoms with E-state index in [1.165, 1.54) is 24.6 Å². The molecular weight excluding hydrogens is 196 g/mol. The molecule has 0 radical (unpaired) electrons. The molecule has 0 bridgehead atoms. The van der Waals surface area contributed by atoms with Gasteiger partial charge in [0.1, 0.15) is 5.82 Å². The predicted molar refractivity (Wildman–Crippen MR) is 56.7 cm³/mol. The van der Waals surface area contributed by atoms with E-state index in [1.54, 1.807) is 0 Å². The van der Waals surface area contributed by atoms with Gasteiger partial charge in [0.05, 0.1) is 0 Å². The van der Waals surface area contributed by atoms with Crippen molar-refractivity contribution in [2.75, 3.05) is 31.1 Å². The van der Waals surface area contributed by atoms with Gasteiger partial charge < -0.3 is 10.2 Å². The van der Waals surface area contributed by atoms with Gasteiger partial charge in [-0.3, -0.25) is 0 Å². The van der Waals surface area contributed by atoms with Crippen LogP contribution in [0, 0.1) is 18.8 Å². The van der Waals surface area contributed by atoms with E-state index < -0.39 is 0 Å². The zero-order valence-electron chi connectivity index (χ0n) is 8.23. The summed E-state index contributed by atoms with van der Waals surface area (Å²) in [7, 11) is 0. The molecule has 0 aliphatic carbocycles. The molecule has 5 heteroatoms. The van der Waals surface area contributed by atoms with E-state index in [-0.39, 0.29) is 0 Å². The molecule has 2 saturated heterocycles. The Bertz CT molecular complexity index is 325. The van der Waals surface area contributed by atoms with Crippen molar-refractivity contribution in [2.24, 2.45) is 11.8 Å². The molecule has 14 heavy (non-hydrogen) atoms. The summed E-state index contributed by atoms with van der Waals surface area (Å²) in [5.41, 5.74) is 0. The molecule has 1 aromatic heterocycles. The standard InChI is InChI=1S/C9H14N4S/c1-6-11-9(14-12-6)13-4-7-2-10-3-8(7)5-13/h7-8,10H,2-5H2,1H3/t7-,8+. The van der Waals surface area contributed by atoms with Crippen molar-refractivity contribution < 1.29 is 0 Å². The maximum atomic E-state index is 4.43. The summed E-state index contributed by atoms with van der Waals surface area (Å²) in [4.78, 5) is 6.82. The maximum Gasteiger partial charge on any atom is 0.205 e. The van der Waals surface area contributed by atoms with E-state index in [0.29, 0.717) is 0 Å². The van der Waals surface area contributed by atoms with Crippen molar-refractivity contribution in [1.29, 1.82) is 0 Å². The topological polar surface area (TPSA) is 41.1 Å². The van der Waals surface area contributed by atoms with Gasteiger partial charge in [-0.25, -0.2) is 4.98 Å². The van der Waals surface area contributed by atoms with Gasteiger partial charge in [-0.15, -0.1) is 0 Å². The highest BCUT2D eigenvalue weighted by Gasteiger charge is 2.37. The van der Waals surface area contributed by atoms with Crippen LogP contribution in [0.3, 0.4) is 0 Å². The number of hydrogen-bond donors (Lipinski definition) is 1. The summed E-state index contributed by atoms with van der Waals surface area (Å²) in [6.07, 6.45) is 0. The van der Waals surface area contributed by atoms with Crippen molar-refractivity contribution in [2.45, 2.75) is 6.92 Å². The van der Waals surface area contributed by atoms with Crippen LogP contribution in [-0.2, 0) is 0 Å².